The average molecular weight is 322 g/mol. The SMILES string of the molecule is C[SiH](C)N(C1C=C(c2ccccc2)c2ccccc21)C(C)(C)C. The largest absolute Gasteiger partial charge is 0.312 e. The van der Waals surface area contributed by atoms with Gasteiger partial charge in [-0.25, -0.2) is 0 Å². The molecule has 2 heteroatoms. The van der Waals surface area contributed by atoms with Gasteiger partial charge in [-0.15, -0.1) is 0 Å². The van der Waals surface area contributed by atoms with E-state index in [2.05, 4.69) is 99.1 Å². The molecule has 0 aromatic heterocycles. The van der Waals surface area contributed by atoms with Crippen molar-refractivity contribution in [2.24, 2.45) is 0 Å². The van der Waals surface area contributed by atoms with Crippen LogP contribution in [0.15, 0.2) is 60.7 Å². The molecule has 0 fully saturated rings. The van der Waals surface area contributed by atoms with E-state index in [1.54, 1.807) is 0 Å². The van der Waals surface area contributed by atoms with Crippen LogP contribution in [-0.4, -0.2) is 19.1 Å². The van der Waals surface area contributed by atoms with Gasteiger partial charge in [0.05, 0.1) is 0 Å². The van der Waals surface area contributed by atoms with Crippen molar-refractivity contribution in [1.82, 2.24) is 4.57 Å². The van der Waals surface area contributed by atoms with E-state index in [1.165, 1.54) is 22.3 Å². The third-order valence-electron chi connectivity index (χ3n) is 4.61. The van der Waals surface area contributed by atoms with E-state index in [1.807, 2.05) is 0 Å². The normalized spacial score (nSPS) is 17.5. The first-order valence-corrected chi connectivity index (χ1v) is 11.4. The molecule has 0 aliphatic heterocycles. The molecule has 2 aromatic rings. The van der Waals surface area contributed by atoms with Gasteiger partial charge in [-0.1, -0.05) is 73.8 Å². The maximum absolute atomic E-state index is 2.75. The Morgan fingerprint density at radius 3 is 2.09 bits per heavy atom. The summed E-state index contributed by atoms with van der Waals surface area (Å²) in [6.45, 7) is 11.9. The molecule has 0 saturated carbocycles. The number of hydrogen-bond donors (Lipinski definition) is 0. The molecule has 1 unspecified atom stereocenters. The van der Waals surface area contributed by atoms with Gasteiger partial charge in [0, 0.05) is 11.6 Å². The van der Waals surface area contributed by atoms with Crippen LogP contribution in [0, 0.1) is 0 Å². The molecular weight excluding hydrogens is 294 g/mol. The fourth-order valence-electron chi connectivity index (χ4n) is 3.95. The Bertz CT molecular complexity index is 710. The summed E-state index contributed by atoms with van der Waals surface area (Å²) >= 11 is 0. The van der Waals surface area contributed by atoms with E-state index in [0.29, 0.717) is 6.04 Å². The molecule has 0 N–H and O–H groups in total. The molecule has 0 spiro atoms. The number of rotatable bonds is 3. The van der Waals surface area contributed by atoms with E-state index >= 15 is 0 Å². The zero-order chi connectivity index (χ0) is 16.6. The van der Waals surface area contributed by atoms with Crippen LogP contribution >= 0.6 is 0 Å². The molecular formula is C21H27NSi. The van der Waals surface area contributed by atoms with Gasteiger partial charge in [0.15, 0.2) is 0 Å². The van der Waals surface area contributed by atoms with Crippen LogP contribution in [0.25, 0.3) is 5.57 Å². The standard InChI is InChI=1S/C21H27NSi/c1-21(2,3)22(23(4)5)20-15-19(16-11-7-6-8-12-16)17-13-9-10-14-18(17)20/h6-15,20,23H,1-5H3. The molecule has 1 aliphatic rings. The van der Waals surface area contributed by atoms with Crippen LogP contribution in [0.1, 0.15) is 43.5 Å². The monoisotopic (exact) mass is 321 g/mol. The summed E-state index contributed by atoms with van der Waals surface area (Å²) in [5.74, 6) is 0. The lowest BCUT2D eigenvalue weighted by Gasteiger charge is -2.43. The summed E-state index contributed by atoms with van der Waals surface area (Å²) in [5.41, 5.74) is 5.74. The Hall–Kier alpha value is -1.64. The highest BCUT2D eigenvalue weighted by Crippen LogP contribution is 2.43. The third kappa shape index (κ3) is 3.06. The molecule has 23 heavy (non-hydrogen) atoms. The van der Waals surface area contributed by atoms with Gasteiger partial charge in [0.25, 0.3) is 0 Å². The minimum atomic E-state index is -0.955. The van der Waals surface area contributed by atoms with Crippen LogP contribution in [0.3, 0.4) is 0 Å². The highest BCUT2D eigenvalue weighted by atomic mass is 28.3. The zero-order valence-electron chi connectivity index (χ0n) is 14.9. The Labute approximate surface area is 142 Å². The Morgan fingerprint density at radius 1 is 0.870 bits per heavy atom. The van der Waals surface area contributed by atoms with E-state index in [-0.39, 0.29) is 5.54 Å². The Morgan fingerprint density at radius 2 is 1.48 bits per heavy atom. The van der Waals surface area contributed by atoms with Crippen molar-refractivity contribution >= 4 is 14.5 Å². The van der Waals surface area contributed by atoms with Crippen LogP contribution in [-0.2, 0) is 0 Å². The molecule has 0 bridgehead atoms. The smallest absolute Gasteiger partial charge is 0.107 e. The molecule has 3 rings (SSSR count). The van der Waals surface area contributed by atoms with E-state index < -0.39 is 8.96 Å². The van der Waals surface area contributed by atoms with Crippen molar-refractivity contribution in [3.05, 3.63) is 77.4 Å². The minimum absolute atomic E-state index is 0.181. The second kappa shape index (κ2) is 6.10. The third-order valence-corrected chi connectivity index (χ3v) is 6.82. The topological polar surface area (TPSA) is 3.24 Å². The maximum Gasteiger partial charge on any atom is 0.107 e. The molecule has 1 nitrogen and oxygen atoms in total. The molecule has 0 saturated heterocycles. The number of nitrogens with zero attached hydrogens (tertiary/aromatic N) is 1. The molecule has 0 heterocycles. The van der Waals surface area contributed by atoms with Gasteiger partial charge in [-0.2, -0.15) is 0 Å². The molecule has 2 aromatic carbocycles. The number of fused-ring (bicyclic) bond motifs is 1. The van der Waals surface area contributed by atoms with Crippen molar-refractivity contribution < 1.29 is 0 Å². The highest BCUT2D eigenvalue weighted by molar-refractivity contribution is 6.53. The first-order chi connectivity index (χ1) is 10.9. The second-order valence-corrected chi connectivity index (χ2v) is 10.4. The molecule has 0 radical (unpaired) electrons. The predicted octanol–water partition coefficient (Wildman–Crippen LogP) is 5.26. The second-order valence-electron chi connectivity index (χ2n) is 7.65. The Balaban J connectivity index is 2.13. The van der Waals surface area contributed by atoms with Crippen molar-refractivity contribution in [2.75, 3.05) is 0 Å². The van der Waals surface area contributed by atoms with Crippen molar-refractivity contribution in [1.29, 1.82) is 0 Å². The van der Waals surface area contributed by atoms with Gasteiger partial charge >= 0.3 is 0 Å². The van der Waals surface area contributed by atoms with Gasteiger partial charge in [-0.05, 0) is 43.0 Å². The van der Waals surface area contributed by atoms with Crippen molar-refractivity contribution in [3.63, 3.8) is 0 Å². The van der Waals surface area contributed by atoms with E-state index in [4.69, 9.17) is 0 Å². The number of benzene rings is 2. The number of hydrogen-bond acceptors (Lipinski definition) is 1. The quantitative estimate of drug-likeness (QED) is 0.697. The lowest BCUT2D eigenvalue weighted by molar-refractivity contribution is 0.215. The first-order valence-electron chi connectivity index (χ1n) is 8.54. The van der Waals surface area contributed by atoms with Crippen molar-refractivity contribution in [3.8, 4) is 0 Å². The summed E-state index contributed by atoms with van der Waals surface area (Å²) in [6, 6.07) is 20.1. The van der Waals surface area contributed by atoms with Crippen LogP contribution in [0.4, 0.5) is 0 Å². The van der Waals surface area contributed by atoms with Gasteiger partial charge in [-0.3, -0.25) is 0 Å². The van der Waals surface area contributed by atoms with Crippen LogP contribution in [0.2, 0.25) is 13.1 Å². The summed E-state index contributed by atoms with van der Waals surface area (Å²) < 4.78 is 2.75. The summed E-state index contributed by atoms with van der Waals surface area (Å²) in [7, 11) is -0.955. The predicted molar refractivity (Wildman–Crippen MR) is 103 cm³/mol. The van der Waals surface area contributed by atoms with Gasteiger partial charge in [0.2, 0.25) is 0 Å². The van der Waals surface area contributed by atoms with Crippen LogP contribution in [0.5, 0.6) is 0 Å². The maximum atomic E-state index is 2.75. The van der Waals surface area contributed by atoms with Crippen LogP contribution < -0.4 is 0 Å². The minimum Gasteiger partial charge on any atom is -0.312 e. The molecule has 1 aliphatic carbocycles. The fraction of sp³-hybridized carbons (Fsp3) is 0.333. The summed E-state index contributed by atoms with van der Waals surface area (Å²) in [6.07, 6.45) is 2.48. The average Bonchev–Trinajstić information content (AvgIpc) is 2.86. The van der Waals surface area contributed by atoms with Gasteiger partial charge < -0.3 is 4.57 Å². The first kappa shape index (κ1) is 16.2. The van der Waals surface area contributed by atoms with E-state index in [9.17, 15) is 0 Å². The highest BCUT2D eigenvalue weighted by Gasteiger charge is 2.35. The van der Waals surface area contributed by atoms with E-state index in [0.717, 1.165) is 0 Å². The summed E-state index contributed by atoms with van der Waals surface area (Å²) in [4.78, 5) is 0. The fourth-order valence-corrected chi connectivity index (χ4v) is 6.39. The molecule has 0 amide bonds. The lowest BCUT2D eigenvalue weighted by atomic mass is 9.99. The Kier molecular flexibility index (Phi) is 4.30. The van der Waals surface area contributed by atoms with Crippen molar-refractivity contribution in [2.45, 2.75) is 45.4 Å². The molecule has 1 atom stereocenters. The summed E-state index contributed by atoms with van der Waals surface area (Å²) in [5, 5.41) is 0. The zero-order valence-corrected chi connectivity index (χ0v) is 16.0. The lowest BCUT2D eigenvalue weighted by Crippen LogP contribution is -2.49. The molecule has 120 valence electrons. The van der Waals surface area contributed by atoms with Gasteiger partial charge in [0.1, 0.15) is 8.96 Å².